The van der Waals surface area contributed by atoms with Crippen LogP contribution in [0.4, 0.5) is 86.2 Å². The summed E-state index contributed by atoms with van der Waals surface area (Å²) in [5.41, 5.74) is 19.3. The highest BCUT2D eigenvalue weighted by Crippen LogP contribution is 2.54. The summed E-state index contributed by atoms with van der Waals surface area (Å²) in [6.45, 7) is 26.8. The predicted octanol–water partition coefficient (Wildman–Crippen LogP) is 24.2. The van der Waals surface area contributed by atoms with Crippen LogP contribution in [0.5, 0.6) is 0 Å². The van der Waals surface area contributed by atoms with Gasteiger partial charge in [-0.1, -0.05) is 60.7 Å². The van der Waals surface area contributed by atoms with Crippen molar-refractivity contribution in [3.63, 3.8) is 0 Å². The van der Waals surface area contributed by atoms with E-state index in [1.807, 2.05) is 203 Å². The standard InChI is InChI=1S/2C22H22N4O.C21H21N5O.C20H18N4O.C19H17N5O/c2*1-13(2)25-15(4)26(18-8-6-11-23-21(18)25)19-14(3)9-10-16-17-7-5-12-24-22(17)27-20(16)19;1-12(2)25-14(4)26(20-19(25)22-10-11-23-20)17-13(3)7-8-15-16-6-5-9-24-21(16)27-18(15)17;1-12-8-9-14-15-6-4-11-22-20(15)25-18(14)17(12)24-13(2)23(3)19-16(24)7-5-10-21-19;1-11-6-7-13-14-5-4-8-22-19(14)25-16(13)15(11)24-12(2)23(3)17-18(24)21-10-9-20-17/h2*5-13,15H,1-4H3;5-12,14H,1-4H3;4-11,13H,1-3H3;4-10,12H,1-3H3/i2*13D;12D;2*3D3. The lowest BCUT2D eigenvalue weighted by Crippen LogP contribution is -2.42. The lowest BCUT2D eigenvalue weighted by atomic mass is 10.1. The molecule has 0 radical (unpaired) electrons. The summed E-state index contributed by atoms with van der Waals surface area (Å²) in [5.74, 6) is 4.36. The Balaban J connectivity index is 0.000000104. The summed E-state index contributed by atoms with van der Waals surface area (Å²) in [6.07, 6.45) is 19.0. The molecule has 0 aliphatic carbocycles. The van der Waals surface area contributed by atoms with Crippen LogP contribution in [0.2, 0.25) is 0 Å². The van der Waals surface area contributed by atoms with Gasteiger partial charge in [-0.15, -0.1) is 0 Å². The largest absolute Gasteiger partial charge is 0.435 e. The van der Waals surface area contributed by atoms with E-state index in [1.54, 1.807) is 68.2 Å². The van der Waals surface area contributed by atoms with Crippen molar-refractivity contribution in [1.82, 2.24) is 59.8 Å². The van der Waals surface area contributed by atoms with Crippen LogP contribution in [-0.2, 0) is 0 Å². The van der Waals surface area contributed by atoms with Crippen LogP contribution >= 0.6 is 0 Å². The quantitative estimate of drug-likeness (QED) is 0.137. The number of furan rings is 5. The van der Waals surface area contributed by atoms with Gasteiger partial charge in [0.15, 0.2) is 68.6 Å². The lowest BCUT2D eigenvalue weighted by molar-refractivity contribution is 0.597. The number of hydrogen-bond acceptors (Lipinski definition) is 27. The fourth-order valence-electron chi connectivity index (χ4n) is 19.6. The second-order valence-corrected chi connectivity index (χ2v) is 34.0. The van der Waals surface area contributed by atoms with Crippen LogP contribution in [0.3, 0.4) is 0 Å². The highest BCUT2D eigenvalue weighted by Gasteiger charge is 2.44. The number of aromatic nitrogens is 12. The number of aryl methyl sites for hydroxylation is 5. The van der Waals surface area contributed by atoms with Crippen molar-refractivity contribution in [2.45, 2.75) is 160 Å². The van der Waals surface area contributed by atoms with Crippen molar-refractivity contribution in [1.29, 1.82) is 0 Å². The molecule has 25 rings (SSSR count). The van der Waals surface area contributed by atoms with Crippen LogP contribution in [0.25, 0.3) is 110 Å². The Labute approximate surface area is 769 Å². The molecule has 5 atom stereocenters. The second-order valence-electron chi connectivity index (χ2n) is 34.0. The van der Waals surface area contributed by atoms with Gasteiger partial charge in [0.25, 0.3) is 0 Å². The van der Waals surface area contributed by atoms with Crippen molar-refractivity contribution in [3.8, 4) is 0 Å². The van der Waals surface area contributed by atoms with Gasteiger partial charge in [0, 0.05) is 168 Å². The first-order valence-corrected chi connectivity index (χ1v) is 43.6. The Morgan fingerprint density at radius 1 is 0.244 bits per heavy atom. The molecular formula is C104H100N22O5. The van der Waals surface area contributed by atoms with Crippen molar-refractivity contribution in [3.05, 3.63) is 260 Å². The Hall–Kier alpha value is -15.5. The summed E-state index contributed by atoms with van der Waals surface area (Å²) in [5, 5.41) is 9.84. The van der Waals surface area contributed by atoms with Gasteiger partial charge < -0.3 is 61.3 Å². The van der Waals surface area contributed by atoms with Crippen LogP contribution in [0.1, 0.15) is 116 Å². The number of rotatable bonds is 8. The topological polar surface area (TPSA) is 253 Å². The van der Waals surface area contributed by atoms with Gasteiger partial charge in [-0.3, -0.25) is 9.80 Å². The van der Waals surface area contributed by atoms with Gasteiger partial charge in [-0.2, -0.15) is 0 Å². The van der Waals surface area contributed by atoms with Gasteiger partial charge in [-0.25, -0.2) is 59.8 Å². The third-order valence-electron chi connectivity index (χ3n) is 25.3. The monoisotopic (exact) mass is 1750 g/mol. The summed E-state index contributed by atoms with van der Waals surface area (Å²) in [4.78, 5) is 72.5. The minimum atomic E-state index is -2.35. The van der Waals surface area contributed by atoms with E-state index in [1.165, 1.54) is 16.0 Å². The van der Waals surface area contributed by atoms with E-state index in [2.05, 4.69) is 165 Å². The van der Waals surface area contributed by atoms with Crippen LogP contribution < -0.4 is 49.0 Å². The zero-order chi connectivity index (χ0) is 98.1. The lowest BCUT2D eigenvalue weighted by Gasteiger charge is -2.33. The van der Waals surface area contributed by atoms with E-state index >= 15 is 0 Å². The predicted molar refractivity (Wildman–Crippen MR) is 526 cm³/mol. The van der Waals surface area contributed by atoms with Crippen molar-refractivity contribution >= 4 is 197 Å². The Morgan fingerprint density at radius 2 is 0.473 bits per heavy atom. The zero-order valence-corrected chi connectivity index (χ0v) is 75.2. The normalized spacial score (nSPS) is 18.2. The minimum Gasteiger partial charge on any atom is -0.435 e. The number of fused-ring (bicyclic) bond motifs is 20. The van der Waals surface area contributed by atoms with Gasteiger partial charge in [0.05, 0.1) is 49.6 Å². The molecule has 0 bridgehead atoms. The SMILES string of the molecule is [2H]C(C)(C)N1c2ncccc2N(c2c(C)ccc3c2oc2ncccc23)C1C.[2H]C(C)(C)N1c2ncccc2N(c2c(C)ccc3c2oc2ncccc23)C1C.[2H]C(C)(C)N1c2nccnc2N(c2c(C)ccc3c2oc2ncccc23)C1C.[2H]C([2H])([2H])N1c2ncccc2N(c2c(C)ccc3c2oc2ncccc23)C1C.[2H]C([2H])([2H])N1c2nccnc2N(c2c(C)ccc3c2oc2ncccc23)C1C. The summed E-state index contributed by atoms with van der Waals surface area (Å²) < 4.78 is 105. The average molecular weight is 1750 g/mol. The maximum Gasteiger partial charge on any atom is 0.227 e. The Morgan fingerprint density at radius 3 is 0.802 bits per heavy atom. The maximum atomic E-state index is 8.67. The number of benzene rings is 5. The highest BCUT2D eigenvalue weighted by atomic mass is 16.4. The molecule has 131 heavy (non-hydrogen) atoms. The fraction of sp³-hybridized carbons (Fsp3) is 0.250. The molecule has 27 nitrogen and oxygen atoms in total. The first kappa shape index (κ1) is 72.5. The van der Waals surface area contributed by atoms with Gasteiger partial charge in [0.2, 0.25) is 28.6 Å². The first-order chi connectivity index (χ1) is 66.9. The Kier molecular flexibility index (Phi) is 17.9. The third kappa shape index (κ3) is 13.2. The van der Waals surface area contributed by atoms with E-state index in [9.17, 15) is 0 Å². The van der Waals surface area contributed by atoms with Crippen molar-refractivity contribution < 1.29 is 34.4 Å². The number of nitrogens with zero attached hydrogens (tertiary/aromatic N) is 22. The molecule has 0 saturated heterocycles. The molecule has 20 aromatic rings. The molecule has 0 fully saturated rings. The van der Waals surface area contributed by atoms with E-state index < -0.39 is 44.3 Å². The third-order valence-corrected chi connectivity index (χ3v) is 25.3. The average Bonchev–Trinajstić information content (AvgIpc) is 1.59. The van der Waals surface area contributed by atoms with Crippen LogP contribution in [-0.4, -0.2) is 123 Å². The maximum absolute atomic E-state index is 8.67. The molecule has 0 amide bonds. The molecule has 5 aliphatic rings. The smallest absolute Gasteiger partial charge is 0.227 e. The summed E-state index contributed by atoms with van der Waals surface area (Å²) >= 11 is 0. The fourth-order valence-corrected chi connectivity index (χ4v) is 19.6. The molecule has 15 aromatic heterocycles. The molecule has 27 heteroatoms. The molecule has 0 spiro atoms. The van der Waals surface area contributed by atoms with E-state index in [0.717, 1.165) is 161 Å². The Bertz CT molecular complexity index is 7180. The van der Waals surface area contributed by atoms with Crippen LogP contribution in [0.15, 0.2) is 254 Å². The van der Waals surface area contributed by atoms with Crippen molar-refractivity contribution in [2.75, 3.05) is 63.0 Å². The summed E-state index contributed by atoms with van der Waals surface area (Å²) in [6, 6.07) is 49.4. The minimum absolute atomic E-state index is 0.0807. The van der Waals surface area contributed by atoms with Crippen LogP contribution in [0, 0.1) is 34.6 Å². The summed E-state index contributed by atoms with van der Waals surface area (Å²) in [7, 11) is 0. The number of hydrogen-bond donors (Lipinski definition) is 0. The molecule has 5 unspecified atom stereocenters. The number of anilines is 15. The molecular weight excluding hydrogens is 1640 g/mol. The van der Waals surface area contributed by atoms with Gasteiger partial charge in [0.1, 0.15) is 30.8 Å². The second kappa shape index (κ2) is 32.3. The first-order valence-electron chi connectivity index (χ1n) is 48.1. The number of pyridine rings is 8. The molecule has 0 N–H and O–H groups in total. The molecule has 20 heterocycles. The van der Waals surface area contributed by atoms with E-state index in [-0.39, 0.29) is 18.5 Å². The van der Waals surface area contributed by atoms with Gasteiger partial charge in [-0.05, 0) is 236 Å². The van der Waals surface area contributed by atoms with Crippen molar-refractivity contribution in [2.24, 2.45) is 0 Å². The zero-order valence-electron chi connectivity index (χ0n) is 84.2. The highest BCUT2D eigenvalue weighted by molar-refractivity contribution is 6.15. The molecule has 656 valence electrons. The molecule has 5 aromatic carbocycles. The van der Waals surface area contributed by atoms with E-state index in [0.29, 0.717) is 63.0 Å². The van der Waals surface area contributed by atoms with E-state index in [4.69, 9.17) is 34.4 Å². The molecule has 0 saturated carbocycles. The van der Waals surface area contributed by atoms with Gasteiger partial charge >= 0.3 is 0 Å². The molecule has 5 aliphatic heterocycles.